The van der Waals surface area contributed by atoms with Crippen LogP contribution in [0.15, 0.2) is 0 Å². The van der Waals surface area contributed by atoms with E-state index < -0.39 is 22.7 Å². The first kappa shape index (κ1) is 35.3. The van der Waals surface area contributed by atoms with Crippen molar-refractivity contribution < 1.29 is 33.0 Å². The largest absolute Gasteiger partial charge is 0.462 e. The Labute approximate surface area is 223 Å². The number of rotatable bonds is 18. The summed E-state index contributed by atoms with van der Waals surface area (Å²) in [7, 11) is -3.44. The first-order valence-electron chi connectivity index (χ1n) is 13.7. The van der Waals surface area contributed by atoms with Gasteiger partial charge in [0.15, 0.2) is 22.7 Å². The quantitative estimate of drug-likeness (QED) is 0.117. The van der Waals surface area contributed by atoms with Gasteiger partial charge >= 0.3 is 11.9 Å². The summed E-state index contributed by atoms with van der Waals surface area (Å²) in [5.41, 5.74) is 0. The van der Waals surface area contributed by atoms with Gasteiger partial charge in [-0.05, 0) is 61.9 Å². The summed E-state index contributed by atoms with van der Waals surface area (Å²) >= 11 is 0. The molecule has 1 atom stereocenters. The molecule has 0 aromatic heterocycles. The van der Waals surface area contributed by atoms with E-state index in [-0.39, 0.29) is 41.6 Å². The second-order valence-electron chi connectivity index (χ2n) is 12.8. The maximum absolute atomic E-state index is 12.1. The first-order valence-corrected chi connectivity index (χ1v) is 19.5. The molecule has 0 aromatic carbocycles. The number of carbonyl (C=O) groups is 2. The van der Waals surface area contributed by atoms with E-state index >= 15 is 0 Å². The third-order valence-electron chi connectivity index (χ3n) is 7.52. The highest BCUT2D eigenvalue weighted by Gasteiger charge is 2.37. The van der Waals surface area contributed by atoms with E-state index in [1.165, 1.54) is 0 Å². The number of esters is 2. The molecule has 0 saturated heterocycles. The molecule has 0 radical (unpaired) electrons. The lowest BCUT2D eigenvalue weighted by atomic mass is 10.2. The lowest BCUT2D eigenvalue weighted by molar-refractivity contribution is -0.161. The van der Waals surface area contributed by atoms with Crippen molar-refractivity contribution in [3.63, 3.8) is 0 Å². The Morgan fingerprint density at radius 3 is 1.50 bits per heavy atom. The van der Waals surface area contributed by atoms with Gasteiger partial charge in [0.25, 0.3) is 0 Å². The van der Waals surface area contributed by atoms with Gasteiger partial charge in [-0.1, -0.05) is 54.4 Å². The van der Waals surface area contributed by atoms with Crippen LogP contribution in [0.1, 0.15) is 92.9 Å². The van der Waals surface area contributed by atoms with E-state index in [4.69, 9.17) is 18.3 Å². The Morgan fingerprint density at radius 1 is 0.694 bits per heavy atom. The van der Waals surface area contributed by atoms with Gasteiger partial charge in [-0.3, -0.25) is 9.59 Å². The fourth-order valence-corrected chi connectivity index (χ4v) is 4.99. The summed E-state index contributed by atoms with van der Waals surface area (Å²) in [6.07, 6.45) is 4.79. The molecule has 0 saturated carbocycles. The van der Waals surface area contributed by atoms with Crippen molar-refractivity contribution in [2.45, 2.75) is 135 Å². The summed E-state index contributed by atoms with van der Waals surface area (Å²) < 4.78 is 22.8. The van der Waals surface area contributed by atoms with E-state index in [9.17, 15) is 14.7 Å². The van der Waals surface area contributed by atoms with Crippen LogP contribution in [-0.2, 0) is 27.9 Å². The van der Waals surface area contributed by atoms with Crippen LogP contribution in [0.3, 0.4) is 0 Å². The van der Waals surface area contributed by atoms with Crippen LogP contribution < -0.4 is 0 Å². The van der Waals surface area contributed by atoms with Crippen LogP contribution in [0.5, 0.6) is 0 Å². The Balaban J connectivity index is 3.96. The van der Waals surface area contributed by atoms with E-state index in [1.807, 2.05) is 0 Å². The average Bonchev–Trinajstić information content (AvgIpc) is 2.74. The fraction of sp³-hybridized carbons (Fsp3) is 0.926. The van der Waals surface area contributed by atoms with Crippen molar-refractivity contribution >= 4 is 28.6 Å². The minimum Gasteiger partial charge on any atom is -0.462 e. The van der Waals surface area contributed by atoms with E-state index in [0.29, 0.717) is 19.4 Å². The molecule has 9 heteroatoms. The summed E-state index contributed by atoms with van der Waals surface area (Å²) in [6.45, 7) is 23.2. The van der Waals surface area contributed by atoms with Crippen molar-refractivity contribution in [1.29, 1.82) is 0 Å². The molecule has 214 valence electrons. The topological polar surface area (TPSA) is 91.3 Å². The van der Waals surface area contributed by atoms with Crippen molar-refractivity contribution in [1.82, 2.24) is 0 Å². The van der Waals surface area contributed by atoms with Gasteiger partial charge < -0.3 is 23.4 Å². The molecule has 0 heterocycles. The zero-order chi connectivity index (χ0) is 28.0. The van der Waals surface area contributed by atoms with E-state index in [2.05, 4.69) is 67.7 Å². The second kappa shape index (κ2) is 16.3. The molecule has 0 aromatic rings. The van der Waals surface area contributed by atoms with Gasteiger partial charge in [-0.15, -0.1) is 0 Å². The molecule has 7 nitrogen and oxygen atoms in total. The number of hydrogen-bond acceptors (Lipinski definition) is 7. The summed E-state index contributed by atoms with van der Waals surface area (Å²) in [4.78, 5) is 24.1. The molecule has 0 aliphatic heterocycles. The molecule has 0 unspecified atom stereocenters. The number of unbranched alkanes of at least 4 members (excludes halogenated alkanes) is 4. The number of carbonyl (C=O) groups excluding carboxylic acids is 2. The minimum atomic E-state index is -1.73. The Bertz CT molecular complexity index is 637. The molecular weight excluding hydrogens is 492 g/mol. The summed E-state index contributed by atoms with van der Waals surface area (Å²) in [5, 5.41) is 9.87. The van der Waals surface area contributed by atoms with Crippen LogP contribution in [0.4, 0.5) is 0 Å². The molecule has 0 bridgehead atoms. The van der Waals surface area contributed by atoms with E-state index in [1.54, 1.807) is 0 Å². The molecule has 36 heavy (non-hydrogen) atoms. The molecule has 0 spiro atoms. The van der Waals surface area contributed by atoms with Gasteiger partial charge in [-0.2, -0.15) is 0 Å². The summed E-state index contributed by atoms with van der Waals surface area (Å²) in [5.74, 6) is -0.714. The third kappa shape index (κ3) is 14.9. The Kier molecular flexibility index (Phi) is 15.9. The number of aliphatic hydroxyl groups is 1. The standard InChI is InChI=1S/C27H56O7Si2/c1-26(2,3)35(7,8)32-19-15-11-13-17-24(29)31-22-23(21-28)34-25(30)18-14-12-16-20-33-36(9,10)27(4,5)6/h23,28H,11-22H2,1-10H3/t23-/m0/s1. The minimum absolute atomic E-state index is 0.115. The van der Waals surface area contributed by atoms with Gasteiger partial charge in [0.05, 0.1) is 6.61 Å². The van der Waals surface area contributed by atoms with Crippen LogP contribution in [-0.4, -0.2) is 66.2 Å². The SMILES string of the molecule is CC(C)(C)[Si](C)(C)OCCCCCC(=O)OC[C@H](CO)OC(=O)CCCCCO[Si](C)(C)C(C)(C)C. The molecule has 0 aliphatic rings. The van der Waals surface area contributed by atoms with Crippen LogP contribution in [0.25, 0.3) is 0 Å². The van der Waals surface area contributed by atoms with Crippen LogP contribution >= 0.6 is 0 Å². The zero-order valence-electron chi connectivity index (χ0n) is 25.0. The van der Waals surface area contributed by atoms with Crippen LogP contribution in [0, 0.1) is 0 Å². The monoisotopic (exact) mass is 548 g/mol. The predicted octanol–water partition coefficient (Wildman–Crippen LogP) is 6.60. The van der Waals surface area contributed by atoms with Crippen molar-refractivity contribution in [3.05, 3.63) is 0 Å². The van der Waals surface area contributed by atoms with Crippen molar-refractivity contribution in [3.8, 4) is 0 Å². The lowest BCUT2D eigenvalue weighted by Crippen LogP contribution is -2.40. The maximum atomic E-state index is 12.1. The number of ether oxygens (including phenoxy) is 2. The van der Waals surface area contributed by atoms with Gasteiger partial charge in [0.2, 0.25) is 0 Å². The smallest absolute Gasteiger partial charge is 0.306 e. The van der Waals surface area contributed by atoms with Crippen LogP contribution in [0.2, 0.25) is 36.3 Å². The highest BCUT2D eigenvalue weighted by atomic mass is 28.4. The highest BCUT2D eigenvalue weighted by molar-refractivity contribution is 6.74. The average molecular weight is 549 g/mol. The Morgan fingerprint density at radius 2 is 1.11 bits per heavy atom. The van der Waals surface area contributed by atoms with Gasteiger partial charge in [0, 0.05) is 26.1 Å². The number of hydrogen-bond donors (Lipinski definition) is 1. The zero-order valence-corrected chi connectivity index (χ0v) is 27.0. The molecule has 1 N–H and O–H groups in total. The molecular formula is C27H56O7Si2. The maximum Gasteiger partial charge on any atom is 0.306 e. The van der Waals surface area contributed by atoms with E-state index in [0.717, 1.165) is 38.7 Å². The van der Waals surface area contributed by atoms with Crippen molar-refractivity contribution in [2.24, 2.45) is 0 Å². The van der Waals surface area contributed by atoms with Gasteiger partial charge in [0.1, 0.15) is 6.61 Å². The Hall–Kier alpha value is -0.746. The molecule has 0 amide bonds. The summed E-state index contributed by atoms with van der Waals surface area (Å²) in [6, 6.07) is 0. The molecule has 0 rings (SSSR count). The highest BCUT2D eigenvalue weighted by Crippen LogP contribution is 2.37. The van der Waals surface area contributed by atoms with Crippen molar-refractivity contribution in [2.75, 3.05) is 26.4 Å². The predicted molar refractivity (Wildman–Crippen MR) is 151 cm³/mol. The van der Waals surface area contributed by atoms with Gasteiger partial charge in [-0.25, -0.2) is 0 Å². The number of aliphatic hydroxyl groups excluding tert-OH is 1. The third-order valence-corrected chi connectivity index (χ3v) is 16.6. The molecule has 0 fully saturated rings. The fourth-order valence-electron chi connectivity index (χ4n) is 2.81. The first-order chi connectivity index (χ1) is 16.4. The normalized spacial score (nSPS) is 14.0. The second-order valence-corrected chi connectivity index (χ2v) is 22.4. The lowest BCUT2D eigenvalue weighted by Gasteiger charge is -2.36. The molecule has 0 aliphatic carbocycles.